The molecule has 0 aliphatic rings. The third-order valence-electron chi connectivity index (χ3n) is 4.62. The number of hydrogen-bond acceptors (Lipinski definition) is 5. The first-order valence-corrected chi connectivity index (χ1v) is 12.5. The summed E-state index contributed by atoms with van der Waals surface area (Å²) in [5.74, 6) is -0.875. The minimum Gasteiger partial charge on any atom is -0.481 e. The van der Waals surface area contributed by atoms with Crippen molar-refractivity contribution in [2.24, 2.45) is 16.5 Å². The number of aromatic amines is 1. The van der Waals surface area contributed by atoms with E-state index in [1.165, 1.54) is 4.57 Å². The standard InChI is InChI=1S/C20H25N7O3.3C2H6/c1-12-9-14-11-27(20(30)26-18(14)25-12)15-5-3-13(4-6-15)16(10-17(28)29)23-7-2-8-24-19(21)22;3*1-2/h3-6,9,11,16,23H,2,7-8,10H2,1H3,(H,28,29)(H4,21,22,24)(H,25,26,30);3*1-2H3/t16-;;;/m0.../s1. The second-order valence-corrected chi connectivity index (χ2v) is 7.01. The van der Waals surface area contributed by atoms with Gasteiger partial charge in [-0.05, 0) is 43.7 Å². The maximum Gasteiger partial charge on any atom is 0.354 e. The molecule has 36 heavy (non-hydrogen) atoms. The number of H-pyrrole nitrogens is 1. The number of carbonyl (C=O) groups is 1. The van der Waals surface area contributed by atoms with E-state index in [1.807, 2.05) is 66.7 Å². The fourth-order valence-corrected chi connectivity index (χ4v) is 3.23. The summed E-state index contributed by atoms with van der Waals surface area (Å²) in [5.41, 5.74) is 13.1. The van der Waals surface area contributed by atoms with Crippen molar-refractivity contribution in [1.29, 1.82) is 0 Å². The molecule has 0 amide bonds. The van der Waals surface area contributed by atoms with Crippen LogP contribution in [0.25, 0.3) is 16.7 Å². The largest absolute Gasteiger partial charge is 0.481 e. The van der Waals surface area contributed by atoms with Crippen LogP contribution in [0.4, 0.5) is 0 Å². The summed E-state index contributed by atoms with van der Waals surface area (Å²) in [6.45, 7) is 14.9. The van der Waals surface area contributed by atoms with Crippen LogP contribution in [0.1, 0.15) is 71.7 Å². The molecule has 0 aliphatic heterocycles. The Kier molecular flexibility index (Phi) is 15.9. The number of rotatable bonds is 9. The lowest BCUT2D eigenvalue weighted by molar-refractivity contribution is -0.137. The number of fused-ring (bicyclic) bond motifs is 1. The van der Waals surface area contributed by atoms with E-state index in [4.69, 9.17) is 11.5 Å². The first kappa shape index (κ1) is 32.3. The Balaban J connectivity index is 0.00000190. The van der Waals surface area contributed by atoms with Crippen LogP contribution in [0.3, 0.4) is 0 Å². The number of guanidine groups is 1. The molecule has 0 saturated heterocycles. The van der Waals surface area contributed by atoms with Gasteiger partial charge < -0.3 is 26.9 Å². The monoisotopic (exact) mass is 501 g/mol. The van der Waals surface area contributed by atoms with Gasteiger partial charge in [-0.3, -0.25) is 14.4 Å². The van der Waals surface area contributed by atoms with Gasteiger partial charge in [-0.2, -0.15) is 4.98 Å². The van der Waals surface area contributed by atoms with E-state index >= 15 is 0 Å². The molecule has 0 saturated carbocycles. The molecule has 10 nitrogen and oxygen atoms in total. The van der Waals surface area contributed by atoms with Gasteiger partial charge in [0.15, 0.2) is 5.96 Å². The zero-order valence-corrected chi connectivity index (χ0v) is 22.6. The molecule has 0 aliphatic carbocycles. The number of carboxylic acid groups (broad SMARTS) is 1. The Labute approximate surface area is 213 Å². The van der Waals surface area contributed by atoms with Crippen LogP contribution in [0, 0.1) is 6.92 Å². The van der Waals surface area contributed by atoms with Gasteiger partial charge in [-0.1, -0.05) is 53.7 Å². The van der Waals surface area contributed by atoms with Gasteiger partial charge in [-0.25, -0.2) is 4.79 Å². The van der Waals surface area contributed by atoms with E-state index in [1.54, 1.807) is 18.3 Å². The average molecular weight is 502 g/mol. The smallest absolute Gasteiger partial charge is 0.354 e. The van der Waals surface area contributed by atoms with Gasteiger partial charge in [0.25, 0.3) is 0 Å². The van der Waals surface area contributed by atoms with E-state index in [0.717, 1.165) is 16.6 Å². The van der Waals surface area contributed by atoms with Gasteiger partial charge >= 0.3 is 11.7 Å². The normalized spacial score (nSPS) is 10.5. The quantitative estimate of drug-likeness (QED) is 0.169. The van der Waals surface area contributed by atoms with Crippen molar-refractivity contribution < 1.29 is 9.90 Å². The summed E-state index contributed by atoms with van der Waals surface area (Å²) in [6.07, 6.45) is 2.33. The topological polar surface area (TPSA) is 164 Å². The predicted octanol–water partition coefficient (Wildman–Crippen LogP) is 3.87. The summed E-state index contributed by atoms with van der Waals surface area (Å²) >= 11 is 0. The van der Waals surface area contributed by atoms with Gasteiger partial charge in [-0.15, -0.1) is 0 Å². The van der Waals surface area contributed by atoms with Crippen LogP contribution >= 0.6 is 0 Å². The molecule has 0 spiro atoms. The number of nitrogens with two attached hydrogens (primary N) is 2. The maximum absolute atomic E-state index is 12.4. The molecule has 200 valence electrons. The lowest BCUT2D eigenvalue weighted by Gasteiger charge is -2.18. The minimum atomic E-state index is -0.908. The number of nitrogens with zero attached hydrogens (tertiary/aromatic N) is 3. The van der Waals surface area contributed by atoms with Crippen LogP contribution in [-0.2, 0) is 4.79 Å². The van der Waals surface area contributed by atoms with Crippen LogP contribution in [-0.4, -0.2) is 44.7 Å². The Morgan fingerprint density at radius 3 is 2.31 bits per heavy atom. The van der Waals surface area contributed by atoms with E-state index in [-0.39, 0.29) is 18.4 Å². The van der Waals surface area contributed by atoms with Crippen molar-refractivity contribution >= 4 is 23.0 Å². The second kappa shape index (κ2) is 17.7. The zero-order chi connectivity index (χ0) is 27.7. The highest BCUT2D eigenvalue weighted by Crippen LogP contribution is 2.20. The maximum atomic E-state index is 12.4. The average Bonchev–Trinajstić information content (AvgIpc) is 3.24. The molecule has 2 heterocycles. The third kappa shape index (κ3) is 10.3. The van der Waals surface area contributed by atoms with Crippen molar-refractivity contribution in [3.05, 3.63) is 58.3 Å². The van der Waals surface area contributed by atoms with Gasteiger partial charge in [0.1, 0.15) is 5.65 Å². The second-order valence-electron chi connectivity index (χ2n) is 7.01. The first-order valence-electron chi connectivity index (χ1n) is 12.5. The number of benzene rings is 1. The van der Waals surface area contributed by atoms with Gasteiger partial charge in [0.2, 0.25) is 0 Å². The van der Waals surface area contributed by atoms with Crippen molar-refractivity contribution in [2.45, 2.75) is 67.3 Å². The van der Waals surface area contributed by atoms with E-state index in [2.05, 4.69) is 20.3 Å². The number of nitrogens with one attached hydrogen (secondary N) is 2. The molecule has 3 rings (SSSR count). The number of aliphatic carboxylic acids is 1. The fourth-order valence-electron chi connectivity index (χ4n) is 3.23. The summed E-state index contributed by atoms with van der Waals surface area (Å²) in [4.78, 5) is 34.7. The summed E-state index contributed by atoms with van der Waals surface area (Å²) in [5, 5.41) is 13.3. The van der Waals surface area contributed by atoms with Crippen LogP contribution in [0.15, 0.2) is 46.3 Å². The Morgan fingerprint density at radius 1 is 1.14 bits per heavy atom. The Bertz CT molecular complexity index is 1110. The number of carboxylic acids is 1. The number of aliphatic imine (C=N–C) groups is 1. The highest BCUT2D eigenvalue weighted by Gasteiger charge is 2.15. The van der Waals surface area contributed by atoms with Crippen LogP contribution in [0.5, 0.6) is 0 Å². The molecule has 1 aromatic carbocycles. The first-order chi connectivity index (χ1) is 17.3. The van der Waals surface area contributed by atoms with Crippen LogP contribution in [0.2, 0.25) is 0 Å². The highest BCUT2D eigenvalue weighted by atomic mass is 16.4. The van der Waals surface area contributed by atoms with Crippen molar-refractivity contribution in [3.8, 4) is 5.69 Å². The molecular weight excluding hydrogens is 458 g/mol. The van der Waals surface area contributed by atoms with Gasteiger partial charge in [0.05, 0.1) is 12.1 Å². The minimum absolute atomic E-state index is 0.0328. The molecule has 3 aromatic rings. The van der Waals surface area contributed by atoms with E-state index < -0.39 is 11.7 Å². The summed E-state index contributed by atoms with van der Waals surface area (Å²) < 4.78 is 1.47. The molecule has 0 fully saturated rings. The predicted molar refractivity (Wildman–Crippen MR) is 149 cm³/mol. The van der Waals surface area contributed by atoms with Crippen molar-refractivity contribution in [3.63, 3.8) is 0 Å². The molecule has 2 aromatic heterocycles. The molecule has 10 heteroatoms. The van der Waals surface area contributed by atoms with Gasteiger partial charge in [0, 0.05) is 29.9 Å². The van der Waals surface area contributed by atoms with E-state index in [0.29, 0.717) is 30.8 Å². The Morgan fingerprint density at radius 2 is 1.75 bits per heavy atom. The number of aromatic nitrogens is 3. The van der Waals surface area contributed by atoms with E-state index in [9.17, 15) is 14.7 Å². The zero-order valence-electron chi connectivity index (χ0n) is 22.6. The molecule has 0 unspecified atom stereocenters. The number of hydrogen-bond donors (Lipinski definition) is 5. The Hall–Kier alpha value is -3.66. The molecular formula is C26H43N7O3. The number of aryl methyl sites for hydroxylation is 1. The molecule has 0 radical (unpaired) electrons. The van der Waals surface area contributed by atoms with Crippen molar-refractivity contribution in [2.75, 3.05) is 13.1 Å². The third-order valence-corrected chi connectivity index (χ3v) is 4.62. The summed E-state index contributed by atoms with van der Waals surface area (Å²) in [6, 6.07) is 8.72. The van der Waals surface area contributed by atoms with Crippen molar-refractivity contribution in [1.82, 2.24) is 19.9 Å². The van der Waals surface area contributed by atoms with Crippen LogP contribution < -0.4 is 22.5 Å². The highest BCUT2D eigenvalue weighted by molar-refractivity contribution is 5.76. The SMILES string of the molecule is CC.CC.CC.Cc1cc2cn(-c3ccc([C@H](CC(=O)O)NCCCN=C(N)N)cc3)c(=O)nc2[nH]1. The lowest BCUT2D eigenvalue weighted by Crippen LogP contribution is -2.26. The summed E-state index contributed by atoms with van der Waals surface area (Å²) in [7, 11) is 0. The molecule has 1 atom stereocenters. The molecule has 0 bridgehead atoms. The molecule has 7 N–H and O–H groups in total. The fraction of sp³-hybridized carbons (Fsp3) is 0.462. The lowest BCUT2D eigenvalue weighted by atomic mass is 10.0.